The minimum absolute atomic E-state index is 0.292. The first kappa shape index (κ1) is 10.4. The molecular formula is C14H18O. The number of aryl methyl sites for hydroxylation is 1. The molecule has 1 unspecified atom stereocenters. The van der Waals surface area contributed by atoms with Gasteiger partial charge in [0.05, 0.1) is 0 Å². The number of carbonyl (C=O) groups excluding carboxylic acids is 1. The van der Waals surface area contributed by atoms with Crippen molar-refractivity contribution < 1.29 is 4.79 Å². The summed E-state index contributed by atoms with van der Waals surface area (Å²) in [4.78, 5) is 11.7. The Morgan fingerprint density at radius 1 is 1.33 bits per heavy atom. The lowest BCUT2D eigenvalue weighted by atomic mass is 9.83. The van der Waals surface area contributed by atoms with Crippen LogP contribution in [0, 0.1) is 12.8 Å². The van der Waals surface area contributed by atoms with E-state index >= 15 is 0 Å². The summed E-state index contributed by atoms with van der Waals surface area (Å²) in [5, 5.41) is 0. The highest BCUT2D eigenvalue weighted by Crippen LogP contribution is 2.24. The lowest BCUT2D eigenvalue weighted by molar-refractivity contribution is -0.124. The van der Waals surface area contributed by atoms with E-state index in [1.54, 1.807) is 0 Å². The van der Waals surface area contributed by atoms with Gasteiger partial charge in [-0.25, -0.2) is 0 Å². The Kier molecular flexibility index (Phi) is 3.20. The van der Waals surface area contributed by atoms with Crippen LogP contribution >= 0.6 is 0 Å². The van der Waals surface area contributed by atoms with E-state index in [4.69, 9.17) is 0 Å². The van der Waals surface area contributed by atoms with Crippen molar-refractivity contribution in [3.05, 3.63) is 35.4 Å². The number of hydrogen-bond donors (Lipinski definition) is 0. The van der Waals surface area contributed by atoms with Gasteiger partial charge in [0.15, 0.2) is 0 Å². The molecule has 0 heterocycles. The van der Waals surface area contributed by atoms with Crippen LogP contribution in [-0.4, -0.2) is 5.78 Å². The molecule has 15 heavy (non-hydrogen) atoms. The number of benzene rings is 1. The maximum absolute atomic E-state index is 11.7. The molecule has 1 aromatic rings. The van der Waals surface area contributed by atoms with Crippen LogP contribution in [0.2, 0.25) is 0 Å². The van der Waals surface area contributed by atoms with Crippen LogP contribution in [0.25, 0.3) is 0 Å². The third-order valence-corrected chi connectivity index (χ3v) is 3.25. The van der Waals surface area contributed by atoms with Crippen molar-refractivity contribution in [2.45, 2.75) is 39.0 Å². The molecule has 80 valence electrons. The lowest BCUT2D eigenvalue weighted by Gasteiger charge is -2.20. The van der Waals surface area contributed by atoms with E-state index in [-0.39, 0.29) is 0 Å². The molecule has 1 saturated carbocycles. The number of rotatable bonds is 2. The summed E-state index contributed by atoms with van der Waals surface area (Å²) in [5.41, 5.74) is 2.60. The summed E-state index contributed by atoms with van der Waals surface area (Å²) >= 11 is 0. The Labute approximate surface area is 91.5 Å². The quantitative estimate of drug-likeness (QED) is 0.719. The normalized spacial score (nSPS) is 21.7. The Morgan fingerprint density at radius 2 is 2.20 bits per heavy atom. The summed E-state index contributed by atoms with van der Waals surface area (Å²) in [6.45, 7) is 2.10. The molecule has 0 spiro atoms. The maximum Gasteiger partial charge on any atom is 0.136 e. The molecule has 0 radical (unpaired) electrons. The van der Waals surface area contributed by atoms with Crippen LogP contribution in [0.5, 0.6) is 0 Å². The Balaban J connectivity index is 2.04. The highest BCUT2D eigenvalue weighted by atomic mass is 16.1. The molecule has 0 saturated heterocycles. The van der Waals surface area contributed by atoms with Gasteiger partial charge in [0, 0.05) is 12.3 Å². The van der Waals surface area contributed by atoms with Crippen molar-refractivity contribution in [2.75, 3.05) is 0 Å². The van der Waals surface area contributed by atoms with Crippen molar-refractivity contribution in [1.29, 1.82) is 0 Å². The van der Waals surface area contributed by atoms with Crippen LogP contribution in [0.4, 0.5) is 0 Å². The van der Waals surface area contributed by atoms with Crippen LogP contribution < -0.4 is 0 Å². The predicted octanol–water partition coefficient (Wildman–Crippen LogP) is 3.30. The molecule has 0 aliphatic heterocycles. The largest absolute Gasteiger partial charge is 0.299 e. The third-order valence-electron chi connectivity index (χ3n) is 3.25. The van der Waals surface area contributed by atoms with Crippen molar-refractivity contribution in [2.24, 2.45) is 5.92 Å². The Bertz CT molecular complexity index is 354. The number of Topliss-reactive ketones (excluding diaryl/α,β-unsaturated/α-hetero) is 1. The zero-order chi connectivity index (χ0) is 10.7. The highest BCUT2D eigenvalue weighted by Gasteiger charge is 2.21. The fourth-order valence-corrected chi connectivity index (χ4v) is 2.39. The standard InChI is InChI=1S/C14H18O/c1-11-5-4-6-12(9-11)10-13-7-2-3-8-14(13)15/h4-6,9,13H,2-3,7-8,10H2,1H3. The summed E-state index contributed by atoms with van der Waals surface area (Å²) in [6.07, 6.45) is 5.16. The summed E-state index contributed by atoms with van der Waals surface area (Å²) in [6, 6.07) is 8.51. The number of hydrogen-bond acceptors (Lipinski definition) is 1. The van der Waals surface area contributed by atoms with E-state index in [0.29, 0.717) is 11.7 Å². The van der Waals surface area contributed by atoms with Gasteiger partial charge in [-0.1, -0.05) is 36.2 Å². The minimum atomic E-state index is 0.292. The molecule has 1 atom stereocenters. The van der Waals surface area contributed by atoms with Gasteiger partial charge >= 0.3 is 0 Å². The fourth-order valence-electron chi connectivity index (χ4n) is 2.39. The van der Waals surface area contributed by atoms with Crippen LogP contribution in [0.1, 0.15) is 36.8 Å². The number of ketones is 1. The van der Waals surface area contributed by atoms with E-state index in [2.05, 4.69) is 31.2 Å². The Morgan fingerprint density at radius 3 is 2.93 bits per heavy atom. The SMILES string of the molecule is Cc1cccc(CC2CCCCC2=O)c1. The maximum atomic E-state index is 11.7. The van der Waals surface area contributed by atoms with Gasteiger partial charge in [-0.2, -0.15) is 0 Å². The molecule has 0 N–H and O–H groups in total. The lowest BCUT2D eigenvalue weighted by Crippen LogP contribution is -2.21. The van der Waals surface area contributed by atoms with E-state index in [0.717, 1.165) is 25.7 Å². The number of carbonyl (C=O) groups is 1. The van der Waals surface area contributed by atoms with Crippen molar-refractivity contribution in [3.63, 3.8) is 0 Å². The topological polar surface area (TPSA) is 17.1 Å². The van der Waals surface area contributed by atoms with E-state index < -0.39 is 0 Å². The molecule has 2 rings (SSSR count). The highest BCUT2D eigenvalue weighted by molar-refractivity contribution is 5.81. The van der Waals surface area contributed by atoms with Crippen LogP contribution in [-0.2, 0) is 11.2 Å². The summed E-state index contributed by atoms with van der Waals surface area (Å²) in [7, 11) is 0. The molecule has 1 aromatic carbocycles. The predicted molar refractivity (Wildman–Crippen MR) is 61.8 cm³/mol. The van der Waals surface area contributed by atoms with Gasteiger partial charge < -0.3 is 0 Å². The average Bonchev–Trinajstić information content (AvgIpc) is 2.22. The molecule has 1 aliphatic carbocycles. The average molecular weight is 202 g/mol. The van der Waals surface area contributed by atoms with Crippen molar-refractivity contribution in [1.82, 2.24) is 0 Å². The first-order chi connectivity index (χ1) is 7.25. The van der Waals surface area contributed by atoms with E-state index in [9.17, 15) is 4.79 Å². The van der Waals surface area contributed by atoms with E-state index in [1.807, 2.05) is 0 Å². The summed E-state index contributed by atoms with van der Waals surface area (Å²) in [5.74, 6) is 0.767. The molecule has 1 fully saturated rings. The minimum Gasteiger partial charge on any atom is -0.299 e. The monoisotopic (exact) mass is 202 g/mol. The smallest absolute Gasteiger partial charge is 0.136 e. The zero-order valence-electron chi connectivity index (χ0n) is 9.33. The fraction of sp³-hybridized carbons (Fsp3) is 0.500. The second-order valence-electron chi connectivity index (χ2n) is 4.60. The molecule has 0 aromatic heterocycles. The molecule has 0 amide bonds. The zero-order valence-corrected chi connectivity index (χ0v) is 9.33. The second kappa shape index (κ2) is 4.61. The Hall–Kier alpha value is -1.11. The van der Waals surface area contributed by atoms with Gasteiger partial charge in [0.2, 0.25) is 0 Å². The molecule has 1 heteroatoms. The van der Waals surface area contributed by atoms with Crippen molar-refractivity contribution >= 4 is 5.78 Å². The van der Waals surface area contributed by atoms with E-state index in [1.165, 1.54) is 17.5 Å². The van der Waals surface area contributed by atoms with Gasteiger partial charge in [-0.15, -0.1) is 0 Å². The van der Waals surface area contributed by atoms with Crippen LogP contribution in [0.3, 0.4) is 0 Å². The van der Waals surface area contributed by atoms with Gasteiger partial charge in [-0.3, -0.25) is 4.79 Å². The van der Waals surface area contributed by atoms with Gasteiger partial charge in [0.1, 0.15) is 5.78 Å². The molecule has 0 bridgehead atoms. The molecular weight excluding hydrogens is 184 g/mol. The van der Waals surface area contributed by atoms with Gasteiger partial charge in [-0.05, 0) is 31.7 Å². The first-order valence-corrected chi connectivity index (χ1v) is 5.84. The molecule has 1 nitrogen and oxygen atoms in total. The van der Waals surface area contributed by atoms with Crippen LogP contribution in [0.15, 0.2) is 24.3 Å². The third kappa shape index (κ3) is 2.68. The molecule has 1 aliphatic rings. The van der Waals surface area contributed by atoms with Gasteiger partial charge in [0.25, 0.3) is 0 Å². The van der Waals surface area contributed by atoms with Crippen molar-refractivity contribution in [3.8, 4) is 0 Å². The second-order valence-corrected chi connectivity index (χ2v) is 4.60. The summed E-state index contributed by atoms with van der Waals surface area (Å²) < 4.78 is 0. The first-order valence-electron chi connectivity index (χ1n) is 5.84.